The van der Waals surface area contributed by atoms with Crippen molar-refractivity contribution in [1.82, 2.24) is 9.97 Å². The average molecular weight is 380 g/mol. The van der Waals surface area contributed by atoms with Gasteiger partial charge in [-0.2, -0.15) is 0 Å². The Morgan fingerprint density at radius 2 is 1.46 bits per heavy atom. The van der Waals surface area contributed by atoms with Gasteiger partial charge in [-0.15, -0.1) is 0 Å². The number of rotatable bonds is 4. The first kappa shape index (κ1) is 16.8. The van der Waals surface area contributed by atoms with Gasteiger partial charge in [0, 0.05) is 16.0 Å². The third-order valence-electron chi connectivity index (χ3n) is 4.06. The van der Waals surface area contributed by atoms with Gasteiger partial charge in [-0.25, -0.2) is 9.97 Å². The highest BCUT2D eigenvalue weighted by Crippen LogP contribution is 2.29. The van der Waals surface area contributed by atoms with Gasteiger partial charge in [-0.1, -0.05) is 77.8 Å². The lowest BCUT2D eigenvalue weighted by atomic mass is 10.1. The third kappa shape index (κ3) is 3.50. The summed E-state index contributed by atoms with van der Waals surface area (Å²) in [5.41, 5.74) is 2.30. The van der Waals surface area contributed by atoms with E-state index >= 15 is 0 Å². The molecule has 128 valence electrons. The van der Waals surface area contributed by atoms with Crippen molar-refractivity contribution in [3.63, 3.8) is 0 Å². The zero-order valence-electron chi connectivity index (χ0n) is 13.7. The van der Waals surface area contributed by atoms with E-state index < -0.39 is 5.50 Å². The number of benzene rings is 3. The molecule has 0 saturated heterocycles. The van der Waals surface area contributed by atoms with Gasteiger partial charge in [-0.3, -0.25) is 0 Å². The molecule has 0 aliphatic carbocycles. The summed E-state index contributed by atoms with van der Waals surface area (Å²) < 4.78 is 0. The maximum absolute atomic E-state index is 6.58. The molecule has 1 heterocycles. The predicted octanol–water partition coefficient (Wildman–Crippen LogP) is 6.30. The minimum atomic E-state index is -0.436. The number of para-hydroxylation sites is 1. The second-order valence-electron chi connectivity index (χ2n) is 5.84. The van der Waals surface area contributed by atoms with E-state index in [0.717, 1.165) is 22.0 Å². The number of nitrogens with zero attached hydrogens (tertiary/aromatic N) is 2. The van der Waals surface area contributed by atoms with Crippen molar-refractivity contribution in [2.75, 3.05) is 5.32 Å². The Balaban J connectivity index is 1.76. The molecule has 3 nitrogen and oxygen atoms in total. The molecule has 1 atom stereocenters. The quantitative estimate of drug-likeness (QED) is 0.334. The summed E-state index contributed by atoms with van der Waals surface area (Å²) in [5, 5.41) is 4.90. The fraction of sp³-hybridized carbons (Fsp3) is 0.0476. The maximum Gasteiger partial charge on any atom is 0.162 e. The zero-order valence-corrected chi connectivity index (χ0v) is 15.2. The molecular formula is C21H15Cl2N3. The van der Waals surface area contributed by atoms with Gasteiger partial charge in [0.25, 0.3) is 0 Å². The molecule has 3 aromatic carbocycles. The molecule has 4 rings (SSSR count). The first-order valence-corrected chi connectivity index (χ1v) is 9.00. The van der Waals surface area contributed by atoms with Crippen LogP contribution in [-0.4, -0.2) is 9.97 Å². The predicted molar refractivity (Wildman–Crippen MR) is 109 cm³/mol. The number of aromatic nitrogens is 2. The van der Waals surface area contributed by atoms with Crippen LogP contribution in [0.4, 0.5) is 5.82 Å². The van der Waals surface area contributed by atoms with Crippen LogP contribution < -0.4 is 5.32 Å². The molecular weight excluding hydrogens is 365 g/mol. The van der Waals surface area contributed by atoms with E-state index in [1.807, 2.05) is 78.9 Å². The summed E-state index contributed by atoms with van der Waals surface area (Å²) in [4.78, 5) is 9.41. The standard InChI is InChI=1S/C21H15Cl2N3/c22-16-12-10-14(11-13-16)19(23)25-21-17-8-4-5-9-18(17)24-20(26-21)15-6-2-1-3-7-15/h1-13,19H,(H,24,25,26). The zero-order chi connectivity index (χ0) is 17.9. The second-order valence-corrected chi connectivity index (χ2v) is 6.71. The van der Waals surface area contributed by atoms with Crippen molar-refractivity contribution >= 4 is 39.9 Å². The van der Waals surface area contributed by atoms with E-state index in [2.05, 4.69) is 10.3 Å². The fourth-order valence-corrected chi connectivity index (χ4v) is 3.11. The van der Waals surface area contributed by atoms with Crippen molar-refractivity contribution in [2.45, 2.75) is 5.50 Å². The Kier molecular flexibility index (Phi) is 4.74. The Labute approximate surface area is 161 Å². The van der Waals surface area contributed by atoms with Gasteiger partial charge in [0.05, 0.1) is 5.52 Å². The first-order valence-electron chi connectivity index (χ1n) is 8.19. The van der Waals surface area contributed by atoms with Crippen LogP contribution in [0.5, 0.6) is 0 Å². The molecule has 0 radical (unpaired) electrons. The van der Waals surface area contributed by atoms with Gasteiger partial charge < -0.3 is 5.32 Å². The fourth-order valence-electron chi connectivity index (χ4n) is 2.74. The van der Waals surface area contributed by atoms with Gasteiger partial charge >= 0.3 is 0 Å². The molecule has 0 saturated carbocycles. The van der Waals surface area contributed by atoms with Gasteiger partial charge in [-0.05, 0) is 29.8 Å². The van der Waals surface area contributed by atoms with Crippen LogP contribution in [0.15, 0.2) is 78.9 Å². The van der Waals surface area contributed by atoms with Crippen molar-refractivity contribution in [3.8, 4) is 11.4 Å². The van der Waals surface area contributed by atoms with Crippen molar-refractivity contribution in [3.05, 3.63) is 89.4 Å². The van der Waals surface area contributed by atoms with E-state index in [9.17, 15) is 0 Å². The van der Waals surface area contributed by atoms with Crippen LogP contribution in [0.2, 0.25) is 5.02 Å². The molecule has 0 fully saturated rings. The van der Waals surface area contributed by atoms with E-state index in [4.69, 9.17) is 28.2 Å². The minimum Gasteiger partial charge on any atom is -0.350 e. The van der Waals surface area contributed by atoms with E-state index in [1.54, 1.807) is 0 Å². The summed E-state index contributed by atoms with van der Waals surface area (Å²) in [5.74, 6) is 1.36. The van der Waals surface area contributed by atoms with Crippen LogP contribution >= 0.6 is 23.2 Å². The van der Waals surface area contributed by atoms with Crippen LogP contribution in [0.25, 0.3) is 22.3 Å². The van der Waals surface area contributed by atoms with Crippen molar-refractivity contribution < 1.29 is 0 Å². The molecule has 1 unspecified atom stereocenters. The van der Waals surface area contributed by atoms with E-state index in [1.165, 1.54) is 0 Å². The summed E-state index contributed by atoms with van der Waals surface area (Å²) in [6.07, 6.45) is 0. The number of nitrogens with one attached hydrogen (secondary N) is 1. The van der Waals surface area contributed by atoms with Crippen molar-refractivity contribution in [2.24, 2.45) is 0 Å². The summed E-state index contributed by atoms with van der Waals surface area (Å²) in [7, 11) is 0. The number of anilines is 1. The number of halogens is 2. The lowest BCUT2D eigenvalue weighted by Crippen LogP contribution is -2.07. The molecule has 1 N–H and O–H groups in total. The second kappa shape index (κ2) is 7.32. The lowest BCUT2D eigenvalue weighted by molar-refractivity contribution is 1.07. The molecule has 26 heavy (non-hydrogen) atoms. The normalized spacial score (nSPS) is 12.1. The monoisotopic (exact) mass is 379 g/mol. The van der Waals surface area contributed by atoms with Crippen LogP contribution in [0.3, 0.4) is 0 Å². The molecule has 0 bridgehead atoms. The number of hydrogen-bond donors (Lipinski definition) is 1. The topological polar surface area (TPSA) is 37.8 Å². The maximum atomic E-state index is 6.58. The average Bonchev–Trinajstić information content (AvgIpc) is 2.69. The Bertz CT molecular complexity index is 1030. The number of alkyl halides is 1. The van der Waals surface area contributed by atoms with Gasteiger partial charge in [0.2, 0.25) is 0 Å². The SMILES string of the molecule is Clc1ccc(C(Cl)Nc2nc(-c3ccccc3)nc3ccccc23)cc1. The molecule has 0 aliphatic heterocycles. The highest BCUT2D eigenvalue weighted by molar-refractivity contribution is 6.30. The molecule has 5 heteroatoms. The summed E-state index contributed by atoms with van der Waals surface area (Å²) in [6.45, 7) is 0. The lowest BCUT2D eigenvalue weighted by Gasteiger charge is -2.16. The van der Waals surface area contributed by atoms with E-state index in [-0.39, 0.29) is 0 Å². The highest BCUT2D eigenvalue weighted by Gasteiger charge is 2.13. The van der Waals surface area contributed by atoms with Crippen LogP contribution in [-0.2, 0) is 0 Å². The molecule has 0 spiro atoms. The Morgan fingerprint density at radius 1 is 0.769 bits per heavy atom. The summed E-state index contributed by atoms with van der Waals surface area (Å²) >= 11 is 12.5. The van der Waals surface area contributed by atoms with Gasteiger partial charge in [0.15, 0.2) is 5.82 Å². The molecule has 0 amide bonds. The largest absolute Gasteiger partial charge is 0.350 e. The Hall–Kier alpha value is -2.62. The van der Waals surface area contributed by atoms with Crippen LogP contribution in [0.1, 0.15) is 11.1 Å². The van der Waals surface area contributed by atoms with Crippen molar-refractivity contribution in [1.29, 1.82) is 0 Å². The smallest absolute Gasteiger partial charge is 0.162 e. The molecule has 0 aliphatic rings. The minimum absolute atomic E-state index is 0.436. The summed E-state index contributed by atoms with van der Waals surface area (Å²) in [6, 6.07) is 25.2. The molecule has 1 aromatic heterocycles. The van der Waals surface area contributed by atoms with Crippen LogP contribution in [0, 0.1) is 0 Å². The number of hydrogen-bond acceptors (Lipinski definition) is 3. The van der Waals surface area contributed by atoms with E-state index in [0.29, 0.717) is 16.7 Å². The first-order chi connectivity index (χ1) is 12.7. The highest BCUT2D eigenvalue weighted by atomic mass is 35.5. The molecule has 4 aromatic rings. The number of fused-ring (bicyclic) bond motifs is 1. The van der Waals surface area contributed by atoms with Gasteiger partial charge in [0.1, 0.15) is 11.3 Å². The third-order valence-corrected chi connectivity index (χ3v) is 4.67. The Morgan fingerprint density at radius 3 is 2.23 bits per heavy atom.